The lowest BCUT2D eigenvalue weighted by atomic mass is 9.83. The van der Waals surface area contributed by atoms with Crippen LogP contribution in [0.4, 0.5) is 5.69 Å². The summed E-state index contributed by atoms with van der Waals surface area (Å²) in [5.41, 5.74) is 7.41. The van der Waals surface area contributed by atoms with Gasteiger partial charge in [-0.15, -0.1) is 24.0 Å². The molecule has 2 aliphatic rings. The Bertz CT molecular complexity index is 626. The molecule has 1 saturated heterocycles. The van der Waals surface area contributed by atoms with Crippen LogP contribution in [0, 0.1) is 23.2 Å². The molecule has 1 saturated carbocycles. The Morgan fingerprint density at radius 3 is 2.31 bits per heavy atom. The molecule has 0 bridgehead atoms. The van der Waals surface area contributed by atoms with Crippen molar-refractivity contribution in [3.8, 4) is 6.07 Å². The van der Waals surface area contributed by atoms with Gasteiger partial charge in [-0.25, -0.2) is 0 Å². The van der Waals surface area contributed by atoms with Gasteiger partial charge < -0.3 is 15.5 Å². The molecule has 0 radical (unpaired) electrons. The van der Waals surface area contributed by atoms with Crippen LogP contribution in [0.1, 0.15) is 25.7 Å². The minimum absolute atomic E-state index is 0. The highest BCUT2D eigenvalue weighted by atomic mass is 127. The van der Waals surface area contributed by atoms with Crippen molar-refractivity contribution in [3.05, 3.63) is 29.3 Å². The van der Waals surface area contributed by atoms with Gasteiger partial charge in [0.15, 0.2) is 5.96 Å². The van der Waals surface area contributed by atoms with Gasteiger partial charge in [-0.2, -0.15) is 5.26 Å². The first kappa shape index (κ1) is 21.1. The molecule has 0 atom stereocenters. The maximum absolute atomic E-state index is 8.97. The van der Waals surface area contributed by atoms with E-state index in [-0.39, 0.29) is 29.9 Å². The lowest BCUT2D eigenvalue weighted by Gasteiger charge is -2.36. The van der Waals surface area contributed by atoms with Crippen LogP contribution in [0.3, 0.4) is 0 Å². The molecule has 0 unspecified atom stereocenters. The Kier molecular flexibility index (Phi) is 8.29. The fraction of sp³-hybridized carbons (Fsp3) is 0.579. The van der Waals surface area contributed by atoms with Gasteiger partial charge in [0, 0.05) is 49.4 Å². The second-order valence-corrected chi connectivity index (χ2v) is 7.43. The Morgan fingerprint density at radius 1 is 1.12 bits per heavy atom. The first-order chi connectivity index (χ1) is 12.2. The molecule has 2 fully saturated rings. The van der Waals surface area contributed by atoms with E-state index in [4.69, 9.17) is 22.6 Å². The van der Waals surface area contributed by atoms with E-state index in [1.54, 1.807) is 0 Å². The van der Waals surface area contributed by atoms with Crippen LogP contribution in [0.2, 0.25) is 5.02 Å². The van der Waals surface area contributed by atoms with Gasteiger partial charge in [0.05, 0.1) is 6.07 Å². The molecule has 7 heteroatoms. The number of guanidine groups is 1. The van der Waals surface area contributed by atoms with Crippen LogP contribution >= 0.6 is 35.6 Å². The van der Waals surface area contributed by atoms with Crippen molar-refractivity contribution in [2.45, 2.75) is 25.7 Å². The number of rotatable bonds is 3. The summed E-state index contributed by atoms with van der Waals surface area (Å²) in [4.78, 5) is 9.16. The van der Waals surface area contributed by atoms with E-state index < -0.39 is 0 Å². The monoisotopic (exact) mass is 487 g/mol. The number of hydrogen-bond donors (Lipinski definition) is 1. The van der Waals surface area contributed by atoms with Crippen molar-refractivity contribution < 1.29 is 0 Å². The summed E-state index contributed by atoms with van der Waals surface area (Å²) in [6.07, 6.45) is 4.21. The summed E-state index contributed by atoms with van der Waals surface area (Å²) in [6.45, 7) is 4.44. The van der Waals surface area contributed by atoms with Crippen LogP contribution in [-0.2, 0) is 0 Å². The van der Waals surface area contributed by atoms with Crippen LogP contribution in [0.5, 0.6) is 0 Å². The molecule has 3 rings (SSSR count). The predicted molar refractivity (Wildman–Crippen MR) is 118 cm³/mol. The van der Waals surface area contributed by atoms with Crippen molar-refractivity contribution in [2.75, 3.05) is 37.6 Å². The number of benzene rings is 1. The highest BCUT2D eigenvalue weighted by Gasteiger charge is 2.22. The molecular formula is C19H27ClIN5. The van der Waals surface area contributed by atoms with E-state index in [9.17, 15) is 0 Å². The van der Waals surface area contributed by atoms with Crippen LogP contribution in [-0.4, -0.2) is 43.6 Å². The molecule has 0 amide bonds. The van der Waals surface area contributed by atoms with E-state index in [0.29, 0.717) is 11.9 Å². The lowest BCUT2D eigenvalue weighted by Crippen LogP contribution is -2.51. The van der Waals surface area contributed by atoms with Gasteiger partial charge in [-0.1, -0.05) is 11.6 Å². The Hall–Kier alpha value is -1.20. The fourth-order valence-corrected chi connectivity index (χ4v) is 3.77. The van der Waals surface area contributed by atoms with Crippen LogP contribution in [0.15, 0.2) is 29.3 Å². The highest BCUT2D eigenvalue weighted by molar-refractivity contribution is 14.0. The molecule has 1 aliphatic carbocycles. The molecule has 0 aromatic heterocycles. The molecule has 26 heavy (non-hydrogen) atoms. The number of nitriles is 1. The highest BCUT2D eigenvalue weighted by Crippen LogP contribution is 2.28. The van der Waals surface area contributed by atoms with Crippen molar-refractivity contribution in [2.24, 2.45) is 22.6 Å². The van der Waals surface area contributed by atoms with E-state index in [2.05, 4.69) is 33.0 Å². The van der Waals surface area contributed by atoms with E-state index in [1.807, 2.05) is 12.1 Å². The van der Waals surface area contributed by atoms with Gasteiger partial charge in [-0.05, 0) is 55.9 Å². The average molecular weight is 488 g/mol. The minimum atomic E-state index is 0. The van der Waals surface area contributed by atoms with Crippen molar-refractivity contribution >= 4 is 47.2 Å². The number of piperazine rings is 1. The summed E-state index contributed by atoms with van der Waals surface area (Å²) in [5, 5.41) is 9.73. The minimum Gasteiger partial charge on any atom is -0.370 e. The molecule has 5 nitrogen and oxygen atoms in total. The molecule has 1 aliphatic heterocycles. The van der Waals surface area contributed by atoms with E-state index in [1.165, 1.54) is 5.69 Å². The number of halogens is 2. The second-order valence-electron chi connectivity index (χ2n) is 7.00. The van der Waals surface area contributed by atoms with Gasteiger partial charge >= 0.3 is 0 Å². The predicted octanol–water partition coefficient (Wildman–Crippen LogP) is 3.72. The number of hydrogen-bond acceptors (Lipinski definition) is 3. The maximum atomic E-state index is 8.97. The van der Waals surface area contributed by atoms with Gasteiger partial charge in [0.2, 0.25) is 0 Å². The molecule has 1 aromatic rings. The number of nitrogens with zero attached hydrogens (tertiary/aromatic N) is 4. The summed E-state index contributed by atoms with van der Waals surface area (Å²) in [6, 6.07) is 10.4. The normalized spacial score (nSPS) is 23.9. The molecule has 0 spiro atoms. The smallest absolute Gasteiger partial charge is 0.191 e. The molecule has 2 N–H and O–H groups in total. The van der Waals surface area contributed by atoms with Crippen molar-refractivity contribution in [1.29, 1.82) is 5.26 Å². The maximum Gasteiger partial charge on any atom is 0.191 e. The second kappa shape index (κ2) is 10.2. The summed E-state index contributed by atoms with van der Waals surface area (Å²) >= 11 is 5.96. The Balaban J connectivity index is 0.00000243. The summed E-state index contributed by atoms with van der Waals surface area (Å²) < 4.78 is 0. The van der Waals surface area contributed by atoms with Crippen LogP contribution < -0.4 is 10.6 Å². The van der Waals surface area contributed by atoms with Crippen molar-refractivity contribution in [3.63, 3.8) is 0 Å². The topological polar surface area (TPSA) is 68.6 Å². The fourth-order valence-electron chi connectivity index (χ4n) is 3.64. The summed E-state index contributed by atoms with van der Waals surface area (Å²) in [5.74, 6) is 1.50. The summed E-state index contributed by atoms with van der Waals surface area (Å²) in [7, 11) is 0. The number of nitrogens with two attached hydrogens (primary N) is 1. The third-order valence-corrected chi connectivity index (χ3v) is 5.59. The standard InChI is InChI=1S/C19H26ClN5.HI/c20-17-5-7-18(8-6-17)24-9-11-25(12-10-24)19(22)23-14-16-3-1-15(13-21)2-4-16;/h5-8,15-16H,1-4,9-12,14H2,(H2,22,23);1H. The molecule has 1 aromatic carbocycles. The van der Waals surface area contributed by atoms with E-state index >= 15 is 0 Å². The third-order valence-electron chi connectivity index (χ3n) is 5.34. The number of aliphatic imine (C=N–C) groups is 1. The quantitative estimate of drug-likeness (QED) is 0.401. The SMILES string of the molecule is I.N#CC1CCC(CN=C(N)N2CCN(c3ccc(Cl)cc3)CC2)CC1. The Labute approximate surface area is 178 Å². The molecular weight excluding hydrogens is 461 g/mol. The zero-order chi connectivity index (χ0) is 17.6. The number of anilines is 1. The largest absolute Gasteiger partial charge is 0.370 e. The van der Waals surface area contributed by atoms with Gasteiger partial charge in [0.25, 0.3) is 0 Å². The third kappa shape index (κ3) is 5.65. The average Bonchev–Trinajstić information content (AvgIpc) is 2.67. The van der Waals surface area contributed by atoms with Crippen molar-refractivity contribution in [1.82, 2.24) is 4.90 Å². The zero-order valence-corrected chi connectivity index (χ0v) is 18.1. The van der Waals surface area contributed by atoms with E-state index in [0.717, 1.165) is 63.4 Å². The van der Waals surface area contributed by atoms with Gasteiger partial charge in [0.1, 0.15) is 0 Å². The Morgan fingerprint density at radius 2 is 1.73 bits per heavy atom. The molecule has 142 valence electrons. The van der Waals surface area contributed by atoms with Gasteiger partial charge in [-0.3, -0.25) is 4.99 Å². The lowest BCUT2D eigenvalue weighted by molar-refractivity contribution is 0.319. The zero-order valence-electron chi connectivity index (χ0n) is 15.0. The first-order valence-electron chi connectivity index (χ1n) is 9.10. The molecule has 1 heterocycles. The van der Waals surface area contributed by atoms with Crippen LogP contribution in [0.25, 0.3) is 0 Å². The first-order valence-corrected chi connectivity index (χ1v) is 9.48.